The lowest BCUT2D eigenvalue weighted by Crippen LogP contribution is -2.09. The maximum atomic E-state index is 12.7. The number of hydrogen-bond acceptors (Lipinski definition) is 3. The molecular weight excluding hydrogens is 287 g/mol. The number of nitrogens with zero attached hydrogens (tertiary/aromatic N) is 2. The minimum atomic E-state index is -4.48. The maximum Gasteiger partial charge on any atom is 0.431 e. The highest BCUT2D eigenvalue weighted by Crippen LogP contribution is 2.30. The average Bonchev–Trinajstić information content (AvgIpc) is 2.37. The van der Waals surface area contributed by atoms with Crippen LogP contribution in [0.25, 0.3) is 11.3 Å². The molecule has 0 atom stereocenters. The summed E-state index contributed by atoms with van der Waals surface area (Å²) in [6, 6.07) is 8.01. The first-order chi connectivity index (χ1) is 9.27. The molecule has 3 nitrogen and oxygen atoms in total. The predicted molar refractivity (Wildman–Crippen MR) is 74.2 cm³/mol. The highest BCUT2D eigenvalue weighted by Gasteiger charge is 2.32. The smallest absolute Gasteiger partial charge is 0.378 e. The van der Waals surface area contributed by atoms with E-state index in [2.05, 4.69) is 9.97 Å². The van der Waals surface area contributed by atoms with E-state index < -0.39 is 11.9 Å². The van der Waals surface area contributed by atoms with Crippen molar-refractivity contribution in [3.63, 3.8) is 0 Å². The molecule has 20 heavy (non-hydrogen) atoms. The van der Waals surface area contributed by atoms with Crippen LogP contribution in [0.4, 0.5) is 18.9 Å². The molecule has 0 saturated heterocycles. The van der Waals surface area contributed by atoms with Crippen LogP contribution in [0.1, 0.15) is 5.69 Å². The zero-order valence-corrected chi connectivity index (χ0v) is 11.6. The van der Waals surface area contributed by atoms with Crippen molar-refractivity contribution in [2.45, 2.75) is 6.18 Å². The topological polar surface area (TPSA) is 31.9 Å². The second-order valence-corrected chi connectivity index (χ2v) is 4.81. The van der Waals surface area contributed by atoms with Gasteiger partial charge >= 0.3 is 6.18 Å². The lowest BCUT2D eigenvalue weighted by Gasteiger charge is -2.13. The summed E-state index contributed by atoms with van der Waals surface area (Å²) in [7, 11) is 3.77. The third-order valence-corrected chi connectivity index (χ3v) is 2.92. The zero-order valence-electron chi connectivity index (χ0n) is 10.8. The molecule has 0 amide bonds. The fourth-order valence-electron chi connectivity index (χ4n) is 1.69. The van der Waals surface area contributed by atoms with E-state index in [4.69, 9.17) is 12.2 Å². The minimum Gasteiger partial charge on any atom is -0.378 e. The zero-order chi connectivity index (χ0) is 14.9. The second-order valence-electron chi connectivity index (χ2n) is 4.42. The molecule has 1 aromatic carbocycles. The molecule has 0 unspecified atom stereocenters. The number of aromatic amines is 1. The highest BCUT2D eigenvalue weighted by molar-refractivity contribution is 7.71. The lowest BCUT2D eigenvalue weighted by molar-refractivity contribution is -0.141. The van der Waals surface area contributed by atoms with Gasteiger partial charge in [-0.05, 0) is 30.4 Å². The summed E-state index contributed by atoms with van der Waals surface area (Å²) in [5.41, 5.74) is 0.836. The lowest BCUT2D eigenvalue weighted by atomic mass is 10.1. The van der Waals surface area contributed by atoms with E-state index in [0.717, 1.165) is 11.8 Å². The summed E-state index contributed by atoms with van der Waals surface area (Å²) in [5.74, 6) is 0. The number of rotatable bonds is 2. The van der Waals surface area contributed by atoms with Crippen molar-refractivity contribution >= 4 is 17.9 Å². The average molecular weight is 299 g/mol. The van der Waals surface area contributed by atoms with Crippen molar-refractivity contribution in [3.05, 3.63) is 40.8 Å². The van der Waals surface area contributed by atoms with Crippen LogP contribution in [0.2, 0.25) is 0 Å². The van der Waals surface area contributed by atoms with Crippen molar-refractivity contribution in [3.8, 4) is 11.3 Å². The Morgan fingerprint density at radius 1 is 1.15 bits per heavy atom. The monoisotopic (exact) mass is 299 g/mol. The Balaban J connectivity index is 2.47. The summed E-state index contributed by atoms with van der Waals surface area (Å²) in [6.07, 6.45) is -4.48. The molecule has 1 aromatic heterocycles. The summed E-state index contributed by atoms with van der Waals surface area (Å²) >= 11 is 4.75. The Morgan fingerprint density at radius 2 is 1.75 bits per heavy atom. The number of hydrogen-bond donors (Lipinski definition) is 1. The van der Waals surface area contributed by atoms with Crippen LogP contribution in [0, 0.1) is 4.77 Å². The third kappa shape index (κ3) is 3.16. The SMILES string of the molecule is CN(C)c1ccc(-c2cc(C(F)(F)F)[nH]c(=S)n2)cc1. The molecule has 0 aliphatic heterocycles. The molecule has 2 rings (SSSR count). The molecule has 0 aliphatic carbocycles. The first-order valence-electron chi connectivity index (χ1n) is 5.74. The van der Waals surface area contributed by atoms with E-state index in [0.29, 0.717) is 5.56 Å². The number of aromatic nitrogens is 2. The van der Waals surface area contributed by atoms with Crippen molar-refractivity contribution in [2.75, 3.05) is 19.0 Å². The Hall–Kier alpha value is -1.89. The molecule has 0 fully saturated rings. The summed E-state index contributed by atoms with van der Waals surface area (Å²) < 4.78 is 38.0. The standard InChI is InChI=1S/C13H12F3N3S/c1-19(2)9-5-3-8(4-6-9)10-7-11(13(14,15)16)18-12(20)17-10/h3-7H,1-2H3,(H,17,18,20). The quantitative estimate of drug-likeness (QED) is 0.854. The Morgan fingerprint density at radius 3 is 2.25 bits per heavy atom. The molecule has 0 bridgehead atoms. The number of alkyl halides is 3. The molecule has 1 heterocycles. The molecular formula is C13H12F3N3S. The molecule has 0 radical (unpaired) electrons. The number of halogens is 3. The second kappa shape index (κ2) is 5.24. The summed E-state index contributed by atoms with van der Waals surface area (Å²) in [6.45, 7) is 0. The Kier molecular flexibility index (Phi) is 3.80. The van der Waals surface area contributed by atoms with Crippen LogP contribution in [-0.2, 0) is 6.18 Å². The molecule has 0 aliphatic rings. The van der Waals surface area contributed by atoms with Gasteiger partial charge in [-0.1, -0.05) is 12.1 Å². The van der Waals surface area contributed by atoms with Gasteiger partial charge in [-0.3, -0.25) is 0 Å². The van der Waals surface area contributed by atoms with Crippen molar-refractivity contribution in [2.24, 2.45) is 0 Å². The number of benzene rings is 1. The summed E-state index contributed by atoms with van der Waals surface area (Å²) in [4.78, 5) is 7.89. The van der Waals surface area contributed by atoms with Gasteiger partial charge in [-0.25, -0.2) is 4.98 Å². The van der Waals surface area contributed by atoms with Gasteiger partial charge < -0.3 is 9.88 Å². The van der Waals surface area contributed by atoms with Gasteiger partial charge in [0.2, 0.25) is 0 Å². The van der Waals surface area contributed by atoms with Crippen LogP contribution in [-0.4, -0.2) is 24.1 Å². The van der Waals surface area contributed by atoms with Gasteiger partial charge in [-0.2, -0.15) is 13.2 Å². The third-order valence-electron chi connectivity index (χ3n) is 2.73. The van der Waals surface area contributed by atoms with E-state index in [1.165, 1.54) is 0 Å². The van der Waals surface area contributed by atoms with Gasteiger partial charge in [-0.15, -0.1) is 0 Å². The van der Waals surface area contributed by atoms with Crippen LogP contribution in [0.3, 0.4) is 0 Å². The largest absolute Gasteiger partial charge is 0.431 e. The number of H-pyrrole nitrogens is 1. The Bertz CT molecular complexity index is 660. The fourth-order valence-corrected chi connectivity index (χ4v) is 1.90. The normalized spacial score (nSPS) is 11.4. The van der Waals surface area contributed by atoms with Crippen LogP contribution in [0.5, 0.6) is 0 Å². The fraction of sp³-hybridized carbons (Fsp3) is 0.231. The van der Waals surface area contributed by atoms with Gasteiger partial charge in [0, 0.05) is 25.3 Å². The molecule has 7 heteroatoms. The van der Waals surface area contributed by atoms with Crippen molar-refractivity contribution < 1.29 is 13.2 Å². The van der Waals surface area contributed by atoms with Crippen LogP contribution >= 0.6 is 12.2 Å². The highest BCUT2D eigenvalue weighted by atomic mass is 32.1. The molecule has 106 valence electrons. The van der Waals surface area contributed by atoms with Gasteiger partial charge in [0.1, 0.15) is 5.69 Å². The van der Waals surface area contributed by atoms with Crippen LogP contribution in [0.15, 0.2) is 30.3 Å². The maximum absolute atomic E-state index is 12.7. The molecule has 2 aromatic rings. The predicted octanol–water partition coefficient (Wildman–Crippen LogP) is 3.89. The van der Waals surface area contributed by atoms with E-state index in [1.54, 1.807) is 12.1 Å². The van der Waals surface area contributed by atoms with Gasteiger partial charge in [0.25, 0.3) is 0 Å². The number of anilines is 1. The van der Waals surface area contributed by atoms with E-state index >= 15 is 0 Å². The number of nitrogens with one attached hydrogen (secondary N) is 1. The van der Waals surface area contributed by atoms with E-state index in [9.17, 15) is 13.2 Å². The Labute approximate surface area is 119 Å². The van der Waals surface area contributed by atoms with Crippen molar-refractivity contribution in [1.82, 2.24) is 9.97 Å². The first-order valence-corrected chi connectivity index (χ1v) is 6.14. The van der Waals surface area contributed by atoms with E-state index in [-0.39, 0.29) is 10.5 Å². The van der Waals surface area contributed by atoms with Crippen LogP contribution < -0.4 is 4.90 Å². The van der Waals surface area contributed by atoms with Gasteiger partial charge in [0.05, 0.1) is 5.69 Å². The summed E-state index contributed by atoms with van der Waals surface area (Å²) in [5, 5.41) is 0. The first kappa shape index (κ1) is 14.5. The minimum absolute atomic E-state index is 0.188. The molecule has 0 saturated carbocycles. The van der Waals surface area contributed by atoms with Crippen molar-refractivity contribution in [1.29, 1.82) is 0 Å². The molecule has 0 spiro atoms. The van der Waals surface area contributed by atoms with E-state index in [1.807, 2.05) is 31.1 Å². The molecule has 1 N–H and O–H groups in total. The van der Waals surface area contributed by atoms with Gasteiger partial charge in [0.15, 0.2) is 4.77 Å².